The molecule has 0 aliphatic rings. The minimum atomic E-state index is -1.26. The summed E-state index contributed by atoms with van der Waals surface area (Å²) in [5.74, 6) is 0. The summed E-state index contributed by atoms with van der Waals surface area (Å²) in [5, 5.41) is 0. The lowest BCUT2D eigenvalue weighted by Crippen LogP contribution is -2.24. The molecule has 1 unspecified atom stereocenters. The second-order valence-electron chi connectivity index (χ2n) is 6.63. The topological polar surface area (TPSA) is 44.8 Å². The van der Waals surface area contributed by atoms with Gasteiger partial charge in [-0.05, 0) is 45.8 Å². The predicted molar refractivity (Wildman–Crippen MR) is 104 cm³/mol. The van der Waals surface area contributed by atoms with Gasteiger partial charge in [0, 0.05) is 12.7 Å². The predicted octanol–water partition coefficient (Wildman–Crippen LogP) is 4.59. The number of hydrogen-bond acceptors (Lipinski definition) is 4. The van der Waals surface area contributed by atoms with Crippen LogP contribution in [0.15, 0.2) is 42.0 Å². The van der Waals surface area contributed by atoms with Gasteiger partial charge in [0.1, 0.15) is 0 Å². The SMILES string of the molecule is C/C(=C\COS(C)=O)[C@H](C[C@H](OC(C)C)c1ccccc1)OC(C)C. The number of hydrogen-bond donors (Lipinski definition) is 0. The number of ether oxygens (including phenoxy) is 2. The Labute approximate surface area is 155 Å². The Morgan fingerprint density at radius 1 is 1.08 bits per heavy atom. The van der Waals surface area contributed by atoms with Crippen LogP contribution in [0.25, 0.3) is 0 Å². The van der Waals surface area contributed by atoms with E-state index in [-0.39, 0.29) is 24.4 Å². The monoisotopic (exact) mass is 368 g/mol. The molecule has 0 heterocycles. The molecule has 0 aliphatic heterocycles. The Bertz CT molecular complexity index is 540. The third kappa shape index (κ3) is 9.31. The molecule has 0 saturated heterocycles. The molecule has 25 heavy (non-hydrogen) atoms. The maximum absolute atomic E-state index is 11.1. The molecule has 0 aromatic heterocycles. The van der Waals surface area contributed by atoms with Crippen molar-refractivity contribution in [3.8, 4) is 0 Å². The molecular weight excluding hydrogens is 336 g/mol. The van der Waals surface area contributed by atoms with Gasteiger partial charge in [-0.25, -0.2) is 4.21 Å². The Balaban J connectivity index is 2.93. The van der Waals surface area contributed by atoms with Crippen LogP contribution in [0.2, 0.25) is 0 Å². The summed E-state index contributed by atoms with van der Waals surface area (Å²) in [6.45, 7) is 10.5. The first-order chi connectivity index (χ1) is 11.8. The molecule has 0 saturated carbocycles. The first-order valence-corrected chi connectivity index (χ1v) is 10.3. The van der Waals surface area contributed by atoms with Crippen LogP contribution in [-0.4, -0.2) is 35.4 Å². The second-order valence-corrected chi connectivity index (χ2v) is 7.67. The van der Waals surface area contributed by atoms with Crippen molar-refractivity contribution in [1.29, 1.82) is 0 Å². The summed E-state index contributed by atoms with van der Waals surface area (Å²) in [6.07, 6.45) is 4.27. The molecule has 1 rings (SSSR count). The minimum Gasteiger partial charge on any atom is -0.371 e. The molecular formula is C20H32O4S. The Morgan fingerprint density at radius 3 is 2.20 bits per heavy atom. The standard InChI is InChI=1S/C20H32O4S/c1-15(2)23-19(17(5)12-13-22-25(6)21)14-20(24-16(3)4)18-10-8-7-9-11-18/h7-12,15-16,19-20H,13-14H2,1-6H3/b17-12+/t19-,20-,25?/m0/s1. The van der Waals surface area contributed by atoms with Crippen LogP contribution in [0.5, 0.6) is 0 Å². The van der Waals surface area contributed by atoms with Crippen molar-refractivity contribution in [2.45, 2.75) is 65.5 Å². The minimum absolute atomic E-state index is 0.0467. The van der Waals surface area contributed by atoms with E-state index in [0.29, 0.717) is 6.61 Å². The van der Waals surface area contributed by atoms with Crippen molar-refractivity contribution in [2.75, 3.05) is 12.9 Å². The van der Waals surface area contributed by atoms with Crippen molar-refractivity contribution in [2.24, 2.45) is 0 Å². The highest BCUT2D eigenvalue weighted by atomic mass is 32.2. The van der Waals surface area contributed by atoms with Crippen molar-refractivity contribution in [3.63, 3.8) is 0 Å². The molecule has 0 spiro atoms. The van der Waals surface area contributed by atoms with Gasteiger partial charge in [0.05, 0.1) is 31.0 Å². The summed E-state index contributed by atoms with van der Waals surface area (Å²) in [5.41, 5.74) is 2.21. The Morgan fingerprint density at radius 2 is 1.68 bits per heavy atom. The van der Waals surface area contributed by atoms with Crippen LogP contribution in [0, 0.1) is 0 Å². The molecule has 1 aromatic carbocycles. The highest BCUT2D eigenvalue weighted by molar-refractivity contribution is 7.79. The van der Waals surface area contributed by atoms with Gasteiger partial charge >= 0.3 is 0 Å². The quantitative estimate of drug-likeness (QED) is 0.536. The lowest BCUT2D eigenvalue weighted by Gasteiger charge is -2.28. The summed E-state index contributed by atoms with van der Waals surface area (Å²) in [7, 11) is 0. The van der Waals surface area contributed by atoms with E-state index >= 15 is 0 Å². The summed E-state index contributed by atoms with van der Waals surface area (Å²) >= 11 is -1.26. The molecule has 0 radical (unpaired) electrons. The van der Waals surface area contributed by atoms with E-state index < -0.39 is 11.1 Å². The molecule has 0 bridgehead atoms. The van der Waals surface area contributed by atoms with Crippen LogP contribution in [0.4, 0.5) is 0 Å². The largest absolute Gasteiger partial charge is 0.371 e. The Hall–Kier alpha value is -1.01. The van der Waals surface area contributed by atoms with E-state index in [1.165, 1.54) is 6.26 Å². The highest BCUT2D eigenvalue weighted by Crippen LogP contribution is 2.28. The van der Waals surface area contributed by atoms with Gasteiger partial charge in [-0.15, -0.1) is 0 Å². The van der Waals surface area contributed by atoms with E-state index in [0.717, 1.165) is 17.6 Å². The fourth-order valence-electron chi connectivity index (χ4n) is 2.53. The number of benzene rings is 1. The maximum atomic E-state index is 11.1. The van der Waals surface area contributed by atoms with Gasteiger partial charge in [-0.2, -0.15) is 0 Å². The zero-order chi connectivity index (χ0) is 18.8. The maximum Gasteiger partial charge on any atom is 0.152 e. The van der Waals surface area contributed by atoms with Crippen LogP contribution >= 0.6 is 0 Å². The van der Waals surface area contributed by atoms with Gasteiger partial charge in [0.25, 0.3) is 0 Å². The van der Waals surface area contributed by atoms with Gasteiger partial charge < -0.3 is 9.47 Å². The summed E-state index contributed by atoms with van der Waals surface area (Å²) in [4.78, 5) is 0. The lowest BCUT2D eigenvalue weighted by molar-refractivity contribution is -0.0455. The van der Waals surface area contributed by atoms with Gasteiger partial charge in [0.2, 0.25) is 0 Å². The molecule has 4 nitrogen and oxygen atoms in total. The van der Waals surface area contributed by atoms with E-state index in [2.05, 4.69) is 12.1 Å². The lowest BCUT2D eigenvalue weighted by atomic mass is 9.98. The van der Waals surface area contributed by atoms with Crippen LogP contribution < -0.4 is 0 Å². The van der Waals surface area contributed by atoms with Crippen LogP contribution in [-0.2, 0) is 24.7 Å². The second kappa shape index (κ2) is 11.6. The van der Waals surface area contributed by atoms with E-state index in [4.69, 9.17) is 13.7 Å². The molecule has 3 atom stereocenters. The van der Waals surface area contributed by atoms with Crippen LogP contribution in [0.1, 0.15) is 52.7 Å². The van der Waals surface area contributed by atoms with Crippen molar-refractivity contribution in [1.82, 2.24) is 0 Å². The fourth-order valence-corrected chi connectivity index (χ4v) is 2.79. The highest BCUT2D eigenvalue weighted by Gasteiger charge is 2.22. The van der Waals surface area contributed by atoms with Crippen molar-refractivity contribution < 1.29 is 17.9 Å². The molecule has 5 heteroatoms. The number of rotatable bonds is 11. The molecule has 0 fully saturated rings. The fraction of sp³-hybridized carbons (Fsp3) is 0.600. The Kier molecular flexibility index (Phi) is 10.2. The normalized spacial score (nSPS) is 16.2. The summed E-state index contributed by atoms with van der Waals surface area (Å²) < 4.78 is 28.5. The van der Waals surface area contributed by atoms with Crippen molar-refractivity contribution in [3.05, 3.63) is 47.5 Å². The van der Waals surface area contributed by atoms with Gasteiger partial charge in [-0.3, -0.25) is 4.18 Å². The first-order valence-electron chi connectivity index (χ1n) is 8.78. The molecule has 0 amide bonds. The van der Waals surface area contributed by atoms with Crippen LogP contribution in [0.3, 0.4) is 0 Å². The summed E-state index contributed by atoms with van der Waals surface area (Å²) in [6, 6.07) is 10.2. The van der Waals surface area contributed by atoms with Gasteiger partial charge in [-0.1, -0.05) is 36.4 Å². The first kappa shape index (κ1) is 22.0. The van der Waals surface area contributed by atoms with Gasteiger partial charge in [0.15, 0.2) is 11.1 Å². The smallest absolute Gasteiger partial charge is 0.152 e. The zero-order valence-electron chi connectivity index (χ0n) is 16.2. The average molecular weight is 369 g/mol. The molecule has 0 aliphatic carbocycles. The third-order valence-corrected chi connectivity index (χ3v) is 4.09. The van der Waals surface area contributed by atoms with E-state index in [1.807, 2.05) is 58.9 Å². The molecule has 0 N–H and O–H groups in total. The zero-order valence-corrected chi connectivity index (χ0v) is 17.0. The van der Waals surface area contributed by atoms with E-state index in [1.54, 1.807) is 0 Å². The van der Waals surface area contributed by atoms with E-state index in [9.17, 15) is 4.21 Å². The molecule has 1 aromatic rings. The van der Waals surface area contributed by atoms with Crippen molar-refractivity contribution >= 4 is 11.1 Å². The average Bonchev–Trinajstić information content (AvgIpc) is 2.53. The third-order valence-electron chi connectivity index (χ3n) is 3.62. The molecule has 142 valence electrons.